The molecule has 15 heavy (non-hydrogen) atoms. The third kappa shape index (κ3) is 2.04. The minimum absolute atomic E-state index is 0.340. The van der Waals surface area contributed by atoms with Crippen LogP contribution in [0.4, 0.5) is 0 Å². The largest absolute Gasteiger partial charge is 0.478 e. The summed E-state index contributed by atoms with van der Waals surface area (Å²) in [5, 5.41) is 8.97. The first kappa shape index (κ1) is 9.45. The highest BCUT2D eigenvalue weighted by Gasteiger charge is 2.09. The number of nitrogens with zero attached hydrogens (tertiary/aromatic N) is 1. The lowest BCUT2D eigenvalue weighted by molar-refractivity contribution is 0.0696. The Balaban J connectivity index is 2.32. The maximum absolute atomic E-state index is 10.9. The number of aromatic amines is 1. The Kier molecular flexibility index (Phi) is 2.49. The Morgan fingerprint density at radius 3 is 2.87 bits per heavy atom. The normalized spacial score (nSPS) is 10.1. The van der Waals surface area contributed by atoms with E-state index < -0.39 is 5.97 Å². The third-order valence-corrected chi connectivity index (χ3v) is 2.18. The van der Waals surface area contributed by atoms with Crippen LogP contribution in [0.25, 0.3) is 0 Å². The van der Waals surface area contributed by atoms with Crippen molar-refractivity contribution in [2.45, 2.75) is 6.42 Å². The van der Waals surface area contributed by atoms with E-state index in [0.29, 0.717) is 12.0 Å². The van der Waals surface area contributed by atoms with E-state index in [1.54, 1.807) is 24.7 Å². The molecule has 0 saturated heterocycles. The van der Waals surface area contributed by atoms with Crippen molar-refractivity contribution in [3.8, 4) is 0 Å². The molecule has 0 saturated carbocycles. The van der Waals surface area contributed by atoms with Gasteiger partial charge in [-0.2, -0.15) is 0 Å². The zero-order valence-corrected chi connectivity index (χ0v) is 7.97. The van der Waals surface area contributed by atoms with Crippen LogP contribution in [-0.4, -0.2) is 21.0 Å². The molecule has 4 nitrogen and oxygen atoms in total. The molecule has 0 spiro atoms. The van der Waals surface area contributed by atoms with Gasteiger partial charge in [-0.3, -0.25) is 0 Å². The lowest BCUT2D eigenvalue weighted by atomic mass is 10.0. The molecule has 0 unspecified atom stereocenters. The van der Waals surface area contributed by atoms with Crippen molar-refractivity contribution in [3.05, 3.63) is 53.6 Å². The number of benzene rings is 1. The van der Waals surface area contributed by atoms with Gasteiger partial charge in [-0.15, -0.1) is 0 Å². The summed E-state index contributed by atoms with van der Waals surface area (Å²) in [4.78, 5) is 17.8. The molecule has 2 N–H and O–H groups in total. The molecule has 0 aliphatic rings. The highest BCUT2D eigenvalue weighted by molar-refractivity contribution is 5.89. The van der Waals surface area contributed by atoms with Gasteiger partial charge in [0, 0.05) is 18.3 Å². The lowest BCUT2D eigenvalue weighted by Crippen LogP contribution is -2.02. The number of carbonyl (C=O) groups is 1. The predicted molar refractivity (Wildman–Crippen MR) is 54.8 cm³/mol. The molecular weight excluding hydrogens is 192 g/mol. The molecule has 1 aromatic heterocycles. The van der Waals surface area contributed by atoms with Crippen molar-refractivity contribution in [1.29, 1.82) is 0 Å². The highest BCUT2D eigenvalue weighted by Crippen LogP contribution is 2.12. The number of H-pyrrole nitrogens is 1. The predicted octanol–water partition coefficient (Wildman–Crippen LogP) is 1.70. The molecule has 0 atom stereocenters. The monoisotopic (exact) mass is 202 g/mol. The fraction of sp³-hybridized carbons (Fsp3) is 0.0909. The molecule has 1 heterocycles. The minimum Gasteiger partial charge on any atom is -0.478 e. The van der Waals surface area contributed by atoms with Gasteiger partial charge in [0.25, 0.3) is 0 Å². The standard InChI is InChI=1S/C11H10N2O2/c14-11(15)10-4-2-1-3-8(10)5-9-6-12-7-13-9/h1-4,6-7H,5H2,(H,12,13)(H,14,15). The summed E-state index contributed by atoms with van der Waals surface area (Å²) >= 11 is 0. The average molecular weight is 202 g/mol. The zero-order chi connectivity index (χ0) is 10.7. The van der Waals surface area contributed by atoms with Gasteiger partial charge in [-0.05, 0) is 11.6 Å². The smallest absolute Gasteiger partial charge is 0.335 e. The minimum atomic E-state index is -0.898. The lowest BCUT2D eigenvalue weighted by Gasteiger charge is -2.03. The third-order valence-electron chi connectivity index (χ3n) is 2.18. The Labute approximate surface area is 86.6 Å². The van der Waals surface area contributed by atoms with Crippen LogP contribution < -0.4 is 0 Å². The summed E-state index contributed by atoms with van der Waals surface area (Å²) in [6, 6.07) is 6.97. The Hall–Kier alpha value is -2.10. The van der Waals surface area contributed by atoms with Crippen LogP contribution in [0, 0.1) is 0 Å². The average Bonchev–Trinajstić information content (AvgIpc) is 2.71. The molecule has 0 radical (unpaired) electrons. The number of aromatic nitrogens is 2. The van der Waals surface area contributed by atoms with Gasteiger partial charge < -0.3 is 10.1 Å². The number of nitrogens with one attached hydrogen (secondary N) is 1. The number of carboxylic acid groups (broad SMARTS) is 1. The van der Waals surface area contributed by atoms with Gasteiger partial charge >= 0.3 is 5.97 Å². The fourth-order valence-electron chi connectivity index (χ4n) is 1.47. The van der Waals surface area contributed by atoms with Crippen molar-refractivity contribution in [3.63, 3.8) is 0 Å². The van der Waals surface area contributed by atoms with Crippen LogP contribution in [0.15, 0.2) is 36.8 Å². The second kappa shape index (κ2) is 3.96. The number of imidazole rings is 1. The topological polar surface area (TPSA) is 66.0 Å². The quantitative estimate of drug-likeness (QED) is 0.796. The zero-order valence-electron chi connectivity index (χ0n) is 7.97. The second-order valence-corrected chi connectivity index (χ2v) is 3.22. The van der Waals surface area contributed by atoms with E-state index >= 15 is 0 Å². The maximum Gasteiger partial charge on any atom is 0.335 e. The van der Waals surface area contributed by atoms with Gasteiger partial charge in [0.15, 0.2) is 0 Å². The number of rotatable bonds is 3. The first-order valence-electron chi connectivity index (χ1n) is 4.56. The molecule has 1 aromatic carbocycles. The summed E-state index contributed by atoms with van der Waals surface area (Å²) < 4.78 is 0. The summed E-state index contributed by atoms with van der Waals surface area (Å²) in [5.41, 5.74) is 2.03. The van der Waals surface area contributed by atoms with Gasteiger partial charge in [-0.25, -0.2) is 9.78 Å². The molecule has 76 valence electrons. The summed E-state index contributed by atoms with van der Waals surface area (Å²) in [6.07, 6.45) is 3.83. The van der Waals surface area contributed by atoms with E-state index in [9.17, 15) is 4.79 Å². The van der Waals surface area contributed by atoms with Crippen LogP contribution in [-0.2, 0) is 6.42 Å². The van der Waals surface area contributed by atoms with Crippen LogP contribution in [0.3, 0.4) is 0 Å². The van der Waals surface area contributed by atoms with E-state index in [0.717, 1.165) is 11.3 Å². The fourth-order valence-corrected chi connectivity index (χ4v) is 1.47. The molecule has 0 aliphatic carbocycles. The summed E-state index contributed by atoms with van der Waals surface area (Å²) in [7, 11) is 0. The summed E-state index contributed by atoms with van der Waals surface area (Å²) in [5.74, 6) is -0.898. The van der Waals surface area contributed by atoms with E-state index in [1.165, 1.54) is 0 Å². The van der Waals surface area contributed by atoms with Gasteiger partial charge in [0.2, 0.25) is 0 Å². The Morgan fingerprint density at radius 1 is 1.40 bits per heavy atom. The van der Waals surface area contributed by atoms with Crippen LogP contribution >= 0.6 is 0 Å². The van der Waals surface area contributed by atoms with Crippen molar-refractivity contribution in [2.24, 2.45) is 0 Å². The Bertz CT molecular complexity index is 463. The molecule has 4 heteroatoms. The molecule has 2 rings (SSSR count). The van der Waals surface area contributed by atoms with Crippen LogP contribution in [0.5, 0.6) is 0 Å². The number of hydrogen-bond acceptors (Lipinski definition) is 2. The van der Waals surface area contributed by atoms with Crippen LogP contribution in [0.1, 0.15) is 21.6 Å². The van der Waals surface area contributed by atoms with Crippen LogP contribution in [0.2, 0.25) is 0 Å². The SMILES string of the molecule is O=C(O)c1ccccc1Cc1cnc[nH]1. The number of carboxylic acids is 1. The van der Waals surface area contributed by atoms with Crippen molar-refractivity contribution < 1.29 is 9.90 Å². The Morgan fingerprint density at radius 2 is 2.20 bits per heavy atom. The molecule has 0 fully saturated rings. The van der Waals surface area contributed by atoms with E-state index in [4.69, 9.17) is 5.11 Å². The first-order chi connectivity index (χ1) is 7.27. The molecule has 2 aromatic rings. The van der Waals surface area contributed by atoms with E-state index in [1.807, 2.05) is 12.1 Å². The number of aromatic carboxylic acids is 1. The van der Waals surface area contributed by atoms with E-state index in [2.05, 4.69) is 9.97 Å². The molecule has 0 amide bonds. The second-order valence-electron chi connectivity index (χ2n) is 3.22. The van der Waals surface area contributed by atoms with Crippen molar-refractivity contribution in [1.82, 2.24) is 9.97 Å². The van der Waals surface area contributed by atoms with E-state index in [-0.39, 0.29) is 0 Å². The van der Waals surface area contributed by atoms with Gasteiger partial charge in [0.1, 0.15) is 0 Å². The molecular formula is C11H10N2O2. The molecule has 0 bridgehead atoms. The van der Waals surface area contributed by atoms with Crippen molar-refractivity contribution in [2.75, 3.05) is 0 Å². The number of hydrogen-bond donors (Lipinski definition) is 2. The van der Waals surface area contributed by atoms with Crippen molar-refractivity contribution >= 4 is 5.97 Å². The maximum atomic E-state index is 10.9. The van der Waals surface area contributed by atoms with Gasteiger partial charge in [-0.1, -0.05) is 18.2 Å². The van der Waals surface area contributed by atoms with Gasteiger partial charge in [0.05, 0.1) is 11.9 Å². The first-order valence-corrected chi connectivity index (χ1v) is 4.56. The highest BCUT2D eigenvalue weighted by atomic mass is 16.4. The summed E-state index contributed by atoms with van der Waals surface area (Å²) in [6.45, 7) is 0. The molecule has 0 aliphatic heterocycles.